The predicted octanol–water partition coefficient (Wildman–Crippen LogP) is 3.02. The molecule has 0 unspecified atom stereocenters. The van der Waals surface area contributed by atoms with Crippen LogP contribution in [0.25, 0.3) is 0 Å². The van der Waals surface area contributed by atoms with Crippen LogP contribution in [-0.4, -0.2) is 6.54 Å². The maximum absolute atomic E-state index is 5.64. The number of fused-ring (bicyclic) bond motifs is 1. The summed E-state index contributed by atoms with van der Waals surface area (Å²) in [4.78, 5) is 2.43. The molecule has 2 aromatic rings. The molecule has 2 nitrogen and oxygen atoms in total. The van der Waals surface area contributed by atoms with Gasteiger partial charge in [0, 0.05) is 18.8 Å². The van der Waals surface area contributed by atoms with Crippen LogP contribution in [0.15, 0.2) is 42.5 Å². The van der Waals surface area contributed by atoms with Crippen molar-refractivity contribution < 1.29 is 0 Å². The minimum atomic E-state index is 0.718. The standard InChI is InChI=1S/C17H20N2/c1-13-10-17(7-6-14(13)8-9-18)19-11-15-4-2-3-5-16(15)12-19/h2-7,10H,8-9,11-12,18H2,1H3. The Balaban J connectivity index is 1.83. The lowest BCUT2D eigenvalue weighted by molar-refractivity contribution is 0.876. The van der Waals surface area contributed by atoms with Crippen molar-refractivity contribution in [3.05, 3.63) is 64.7 Å². The fourth-order valence-corrected chi connectivity index (χ4v) is 2.83. The Labute approximate surface area is 114 Å². The van der Waals surface area contributed by atoms with Gasteiger partial charge in [-0.05, 0) is 54.3 Å². The summed E-state index contributed by atoms with van der Waals surface area (Å²) in [5, 5.41) is 0. The average molecular weight is 252 g/mol. The van der Waals surface area contributed by atoms with E-state index in [9.17, 15) is 0 Å². The number of anilines is 1. The van der Waals surface area contributed by atoms with Crippen LogP contribution in [0.2, 0.25) is 0 Å². The highest BCUT2D eigenvalue weighted by Gasteiger charge is 2.18. The van der Waals surface area contributed by atoms with E-state index in [0.717, 1.165) is 26.1 Å². The summed E-state index contributed by atoms with van der Waals surface area (Å²) in [5.74, 6) is 0. The van der Waals surface area contributed by atoms with Crippen LogP contribution in [0, 0.1) is 6.92 Å². The molecular formula is C17H20N2. The number of hydrogen-bond acceptors (Lipinski definition) is 2. The predicted molar refractivity (Wildman–Crippen MR) is 80.3 cm³/mol. The molecule has 0 radical (unpaired) electrons. The average Bonchev–Trinajstić information content (AvgIpc) is 2.85. The first-order chi connectivity index (χ1) is 9.28. The van der Waals surface area contributed by atoms with Gasteiger partial charge < -0.3 is 10.6 Å². The van der Waals surface area contributed by atoms with Crippen LogP contribution in [0.4, 0.5) is 5.69 Å². The van der Waals surface area contributed by atoms with E-state index in [4.69, 9.17) is 5.73 Å². The topological polar surface area (TPSA) is 29.3 Å². The lowest BCUT2D eigenvalue weighted by atomic mass is 10.0. The summed E-state index contributed by atoms with van der Waals surface area (Å²) in [5.41, 5.74) is 12.6. The monoisotopic (exact) mass is 252 g/mol. The van der Waals surface area contributed by atoms with Crippen molar-refractivity contribution in [3.8, 4) is 0 Å². The number of aryl methyl sites for hydroxylation is 1. The molecule has 1 heterocycles. The van der Waals surface area contributed by atoms with Gasteiger partial charge in [-0.1, -0.05) is 30.3 Å². The van der Waals surface area contributed by atoms with Gasteiger partial charge in [0.05, 0.1) is 0 Å². The van der Waals surface area contributed by atoms with E-state index in [1.807, 2.05) is 0 Å². The Bertz CT molecular complexity index is 565. The number of nitrogens with zero attached hydrogens (tertiary/aromatic N) is 1. The quantitative estimate of drug-likeness (QED) is 0.910. The summed E-state index contributed by atoms with van der Waals surface area (Å²) in [6.07, 6.45) is 0.965. The van der Waals surface area contributed by atoms with Crippen LogP contribution in [0.1, 0.15) is 22.3 Å². The molecule has 1 aliphatic rings. The zero-order chi connectivity index (χ0) is 13.2. The fraction of sp³-hybridized carbons (Fsp3) is 0.294. The van der Waals surface area contributed by atoms with Crippen LogP contribution >= 0.6 is 0 Å². The minimum absolute atomic E-state index is 0.718. The maximum Gasteiger partial charge on any atom is 0.0436 e. The second-order valence-electron chi connectivity index (χ2n) is 5.27. The van der Waals surface area contributed by atoms with Gasteiger partial charge in [0.25, 0.3) is 0 Å². The van der Waals surface area contributed by atoms with Gasteiger partial charge in [-0.15, -0.1) is 0 Å². The molecule has 0 spiro atoms. The molecule has 19 heavy (non-hydrogen) atoms. The smallest absolute Gasteiger partial charge is 0.0436 e. The van der Waals surface area contributed by atoms with Crippen molar-refractivity contribution in [1.82, 2.24) is 0 Å². The number of hydrogen-bond donors (Lipinski definition) is 1. The molecule has 0 saturated heterocycles. The molecule has 2 aromatic carbocycles. The lowest BCUT2D eigenvalue weighted by Crippen LogP contribution is -2.15. The van der Waals surface area contributed by atoms with Crippen molar-refractivity contribution >= 4 is 5.69 Å². The highest BCUT2D eigenvalue weighted by Crippen LogP contribution is 2.29. The molecule has 1 aliphatic heterocycles. The van der Waals surface area contributed by atoms with Crippen LogP contribution in [0.3, 0.4) is 0 Å². The first kappa shape index (κ1) is 12.2. The van der Waals surface area contributed by atoms with Gasteiger partial charge in [-0.25, -0.2) is 0 Å². The molecule has 0 amide bonds. The van der Waals surface area contributed by atoms with Crippen LogP contribution < -0.4 is 10.6 Å². The summed E-state index contributed by atoms with van der Waals surface area (Å²) >= 11 is 0. The lowest BCUT2D eigenvalue weighted by Gasteiger charge is -2.19. The molecule has 98 valence electrons. The molecule has 0 atom stereocenters. The van der Waals surface area contributed by atoms with Crippen LogP contribution in [0.5, 0.6) is 0 Å². The van der Waals surface area contributed by atoms with Gasteiger partial charge in [0.15, 0.2) is 0 Å². The molecule has 0 aliphatic carbocycles. The van der Waals surface area contributed by atoms with Gasteiger partial charge in [0.1, 0.15) is 0 Å². The van der Waals surface area contributed by atoms with Crippen molar-refractivity contribution in [3.63, 3.8) is 0 Å². The zero-order valence-electron chi connectivity index (χ0n) is 11.4. The normalized spacial score (nSPS) is 13.7. The molecule has 0 saturated carbocycles. The molecule has 3 rings (SSSR count). The number of rotatable bonds is 3. The van der Waals surface area contributed by atoms with E-state index in [0.29, 0.717) is 0 Å². The Morgan fingerprint density at radius 1 is 1.05 bits per heavy atom. The summed E-state index contributed by atoms with van der Waals surface area (Å²) in [7, 11) is 0. The Morgan fingerprint density at radius 2 is 1.74 bits per heavy atom. The van der Waals surface area contributed by atoms with Gasteiger partial charge in [-0.2, -0.15) is 0 Å². The second kappa shape index (κ2) is 5.06. The second-order valence-corrected chi connectivity index (χ2v) is 5.27. The molecule has 0 aromatic heterocycles. The van der Waals surface area contributed by atoms with E-state index in [-0.39, 0.29) is 0 Å². The van der Waals surface area contributed by atoms with Crippen molar-refractivity contribution in [2.45, 2.75) is 26.4 Å². The Hall–Kier alpha value is -1.80. The SMILES string of the molecule is Cc1cc(N2Cc3ccccc3C2)ccc1CCN. The first-order valence-corrected chi connectivity index (χ1v) is 6.89. The van der Waals surface area contributed by atoms with E-state index in [1.165, 1.54) is 27.9 Å². The largest absolute Gasteiger partial charge is 0.363 e. The molecule has 0 bridgehead atoms. The first-order valence-electron chi connectivity index (χ1n) is 6.89. The molecular weight excluding hydrogens is 232 g/mol. The highest BCUT2D eigenvalue weighted by molar-refractivity contribution is 5.54. The Kier molecular flexibility index (Phi) is 3.26. The third-order valence-electron chi connectivity index (χ3n) is 3.95. The van der Waals surface area contributed by atoms with Gasteiger partial charge in [-0.3, -0.25) is 0 Å². The molecule has 2 heteroatoms. The van der Waals surface area contributed by atoms with Gasteiger partial charge >= 0.3 is 0 Å². The van der Waals surface area contributed by atoms with E-state index in [1.54, 1.807) is 0 Å². The third-order valence-corrected chi connectivity index (χ3v) is 3.95. The van der Waals surface area contributed by atoms with E-state index < -0.39 is 0 Å². The van der Waals surface area contributed by atoms with Gasteiger partial charge in [0.2, 0.25) is 0 Å². The maximum atomic E-state index is 5.64. The van der Waals surface area contributed by atoms with Crippen molar-refractivity contribution in [1.29, 1.82) is 0 Å². The highest BCUT2D eigenvalue weighted by atomic mass is 15.1. The van der Waals surface area contributed by atoms with Crippen molar-refractivity contribution in [2.75, 3.05) is 11.4 Å². The zero-order valence-corrected chi connectivity index (χ0v) is 11.4. The van der Waals surface area contributed by atoms with Crippen molar-refractivity contribution in [2.24, 2.45) is 5.73 Å². The minimum Gasteiger partial charge on any atom is -0.363 e. The number of nitrogens with two attached hydrogens (primary N) is 1. The molecule has 2 N–H and O–H groups in total. The summed E-state index contributed by atoms with van der Waals surface area (Å²) in [6.45, 7) is 4.94. The Morgan fingerprint density at radius 3 is 2.32 bits per heavy atom. The fourth-order valence-electron chi connectivity index (χ4n) is 2.83. The summed E-state index contributed by atoms with van der Waals surface area (Å²) in [6, 6.07) is 15.4. The summed E-state index contributed by atoms with van der Waals surface area (Å²) < 4.78 is 0. The molecule has 0 fully saturated rings. The van der Waals surface area contributed by atoms with E-state index >= 15 is 0 Å². The third kappa shape index (κ3) is 2.36. The van der Waals surface area contributed by atoms with E-state index in [2.05, 4.69) is 54.3 Å². The number of benzene rings is 2. The van der Waals surface area contributed by atoms with Crippen LogP contribution in [-0.2, 0) is 19.5 Å².